The average molecular weight is 289 g/mol. The minimum atomic E-state index is -0.598. The monoisotopic (exact) mass is 289 g/mol. The normalized spacial score (nSPS) is 14.0. The molecule has 0 aliphatic carbocycles. The van der Waals surface area contributed by atoms with Crippen LogP contribution in [0, 0.1) is 0 Å². The topological polar surface area (TPSA) is 84.3 Å². The van der Waals surface area contributed by atoms with Crippen LogP contribution in [0.5, 0.6) is 0 Å². The zero-order valence-corrected chi connectivity index (χ0v) is 12.3. The molecule has 114 valence electrons. The van der Waals surface area contributed by atoms with Gasteiger partial charge in [-0.1, -0.05) is 42.4 Å². The third kappa shape index (κ3) is 4.97. The molecule has 4 N–H and O–H groups in total. The molecule has 0 aliphatic heterocycles. The maximum atomic E-state index is 10.1. The van der Waals surface area contributed by atoms with Crippen LogP contribution in [0.25, 0.3) is 0 Å². The first-order valence-electron chi connectivity index (χ1n) is 7.31. The Morgan fingerprint density at radius 2 is 2.10 bits per heavy atom. The second kappa shape index (κ2) is 7.93. The fraction of sp³-hybridized carbons (Fsp3) is 0.438. The third-order valence-corrected chi connectivity index (χ3v) is 3.43. The van der Waals surface area contributed by atoms with E-state index in [1.807, 2.05) is 43.3 Å². The lowest BCUT2D eigenvalue weighted by molar-refractivity contribution is 0.140. The summed E-state index contributed by atoms with van der Waals surface area (Å²) in [4.78, 5) is 0. The van der Waals surface area contributed by atoms with Gasteiger partial charge < -0.3 is 20.7 Å². The molecule has 0 fully saturated rings. The van der Waals surface area contributed by atoms with Crippen molar-refractivity contribution in [3.63, 3.8) is 0 Å². The van der Waals surface area contributed by atoms with Gasteiger partial charge >= 0.3 is 0 Å². The molecule has 2 aromatic rings. The summed E-state index contributed by atoms with van der Waals surface area (Å²) in [5, 5.41) is 17.1. The van der Waals surface area contributed by atoms with Crippen molar-refractivity contribution in [2.24, 2.45) is 5.73 Å². The number of nitrogens with two attached hydrogens (primary N) is 1. The van der Waals surface area contributed by atoms with Gasteiger partial charge in [0, 0.05) is 18.7 Å². The average Bonchev–Trinajstić information content (AvgIpc) is 2.96. The summed E-state index contributed by atoms with van der Waals surface area (Å²) in [5.74, 6) is 0.774. The van der Waals surface area contributed by atoms with E-state index in [0.717, 1.165) is 23.4 Å². The molecular weight excluding hydrogens is 266 g/mol. The quantitative estimate of drug-likeness (QED) is 0.681. The Morgan fingerprint density at radius 1 is 1.33 bits per heavy atom. The van der Waals surface area contributed by atoms with Gasteiger partial charge in [-0.3, -0.25) is 0 Å². The lowest BCUT2D eigenvalue weighted by atomic mass is 10.0. The molecule has 21 heavy (non-hydrogen) atoms. The van der Waals surface area contributed by atoms with E-state index < -0.39 is 6.10 Å². The summed E-state index contributed by atoms with van der Waals surface area (Å²) in [6.45, 7) is 3.00. The number of aromatic nitrogens is 1. The number of aliphatic hydroxyl groups excluding tert-OH is 1. The van der Waals surface area contributed by atoms with E-state index in [2.05, 4.69) is 10.5 Å². The molecule has 1 aromatic carbocycles. The lowest BCUT2D eigenvalue weighted by Gasteiger charge is -2.19. The van der Waals surface area contributed by atoms with Gasteiger partial charge in [0.1, 0.15) is 0 Å². The van der Waals surface area contributed by atoms with Crippen molar-refractivity contribution in [2.45, 2.75) is 38.5 Å². The first-order valence-corrected chi connectivity index (χ1v) is 7.31. The fourth-order valence-electron chi connectivity index (χ4n) is 2.12. The van der Waals surface area contributed by atoms with Crippen LogP contribution in [0.15, 0.2) is 40.9 Å². The summed E-state index contributed by atoms with van der Waals surface area (Å²) in [7, 11) is 0. The maximum Gasteiger partial charge on any atom is 0.150 e. The second-order valence-corrected chi connectivity index (χ2v) is 5.19. The molecule has 1 heterocycles. The Balaban J connectivity index is 1.72. The summed E-state index contributed by atoms with van der Waals surface area (Å²) in [5.41, 5.74) is 8.10. The number of aryl methyl sites for hydroxylation is 1. The predicted octanol–water partition coefficient (Wildman–Crippen LogP) is 1.26. The molecule has 0 aliphatic rings. The van der Waals surface area contributed by atoms with Crippen LogP contribution in [0.1, 0.15) is 23.9 Å². The van der Waals surface area contributed by atoms with Crippen LogP contribution in [0.4, 0.5) is 0 Å². The highest BCUT2D eigenvalue weighted by Crippen LogP contribution is 2.06. The molecule has 2 rings (SSSR count). The van der Waals surface area contributed by atoms with E-state index in [4.69, 9.17) is 10.3 Å². The van der Waals surface area contributed by atoms with Crippen LogP contribution in [0.3, 0.4) is 0 Å². The molecule has 0 unspecified atom stereocenters. The van der Waals surface area contributed by atoms with Crippen molar-refractivity contribution in [3.05, 3.63) is 53.4 Å². The van der Waals surface area contributed by atoms with Gasteiger partial charge in [-0.05, 0) is 18.4 Å². The zero-order valence-electron chi connectivity index (χ0n) is 12.3. The van der Waals surface area contributed by atoms with Crippen molar-refractivity contribution < 1.29 is 9.63 Å². The Kier molecular flexibility index (Phi) is 5.92. The molecule has 0 saturated heterocycles. The van der Waals surface area contributed by atoms with Gasteiger partial charge in [-0.25, -0.2) is 0 Å². The standard InChI is InChI=1S/C16H23N3O2/c1-2-13-9-14(21-19-13)10-18-11-16(20)15(17)8-12-6-4-3-5-7-12/h3-7,9,15-16,18,20H,2,8,10-11,17H2,1H3/t15-,16+/m0/s1. The molecular formula is C16H23N3O2. The highest BCUT2D eigenvalue weighted by Gasteiger charge is 2.15. The van der Waals surface area contributed by atoms with Crippen molar-refractivity contribution >= 4 is 0 Å². The molecule has 0 spiro atoms. The molecule has 2 atom stereocenters. The van der Waals surface area contributed by atoms with Crippen molar-refractivity contribution in [3.8, 4) is 0 Å². The minimum Gasteiger partial charge on any atom is -0.390 e. The second-order valence-electron chi connectivity index (χ2n) is 5.19. The number of benzene rings is 1. The minimum absolute atomic E-state index is 0.291. The number of nitrogens with one attached hydrogen (secondary N) is 1. The summed E-state index contributed by atoms with van der Waals surface area (Å²) < 4.78 is 5.17. The summed E-state index contributed by atoms with van der Waals surface area (Å²) in [6, 6.07) is 11.6. The van der Waals surface area contributed by atoms with E-state index in [9.17, 15) is 5.11 Å². The third-order valence-electron chi connectivity index (χ3n) is 3.43. The highest BCUT2D eigenvalue weighted by molar-refractivity contribution is 5.16. The van der Waals surface area contributed by atoms with Crippen LogP contribution in [0.2, 0.25) is 0 Å². The molecule has 0 amide bonds. The Bertz CT molecular complexity index is 527. The first-order chi connectivity index (χ1) is 10.2. The first kappa shape index (κ1) is 15.7. The smallest absolute Gasteiger partial charge is 0.150 e. The maximum absolute atomic E-state index is 10.1. The van der Waals surface area contributed by atoms with E-state index in [1.54, 1.807) is 0 Å². The Morgan fingerprint density at radius 3 is 2.76 bits per heavy atom. The summed E-state index contributed by atoms with van der Waals surface area (Å²) in [6.07, 6.45) is 0.916. The van der Waals surface area contributed by atoms with Crippen LogP contribution >= 0.6 is 0 Å². The number of aliphatic hydroxyl groups is 1. The van der Waals surface area contributed by atoms with Crippen LogP contribution in [-0.2, 0) is 19.4 Å². The molecule has 0 bridgehead atoms. The van der Waals surface area contributed by atoms with E-state index >= 15 is 0 Å². The predicted molar refractivity (Wildman–Crippen MR) is 81.7 cm³/mol. The van der Waals surface area contributed by atoms with Crippen molar-refractivity contribution in [1.82, 2.24) is 10.5 Å². The van der Waals surface area contributed by atoms with Gasteiger partial charge in [0.15, 0.2) is 5.76 Å². The largest absolute Gasteiger partial charge is 0.390 e. The molecule has 5 nitrogen and oxygen atoms in total. The Labute approximate surface area is 125 Å². The van der Waals surface area contributed by atoms with E-state index in [-0.39, 0.29) is 6.04 Å². The van der Waals surface area contributed by atoms with Crippen molar-refractivity contribution in [2.75, 3.05) is 6.54 Å². The lowest BCUT2D eigenvalue weighted by Crippen LogP contribution is -2.42. The molecule has 1 aromatic heterocycles. The molecule has 5 heteroatoms. The van der Waals surface area contributed by atoms with Crippen LogP contribution < -0.4 is 11.1 Å². The van der Waals surface area contributed by atoms with Crippen LogP contribution in [-0.4, -0.2) is 29.0 Å². The van der Waals surface area contributed by atoms with E-state index in [1.165, 1.54) is 0 Å². The molecule has 0 saturated carbocycles. The van der Waals surface area contributed by atoms with Gasteiger partial charge in [-0.2, -0.15) is 0 Å². The van der Waals surface area contributed by atoms with Gasteiger partial charge in [0.25, 0.3) is 0 Å². The summed E-state index contributed by atoms with van der Waals surface area (Å²) >= 11 is 0. The van der Waals surface area contributed by atoms with Gasteiger partial charge in [0.05, 0.1) is 18.3 Å². The molecule has 0 radical (unpaired) electrons. The Hall–Kier alpha value is -1.69. The van der Waals surface area contributed by atoms with E-state index in [0.29, 0.717) is 19.5 Å². The van der Waals surface area contributed by atoms with Crippen molar-refractivity contribution in [1.29, 1.82) is 0 Å². The fourth-order valence-corrected chi connectivity index (χ4v) is 2.12. The number of nitrogens with zero attached hydrogens (tertiary/aromatic N) is 1. The zero-order chi connectivity index (χ0) is 15.1. The number of hydrogen-bond donors (Lipinski definition) is 3. The highest BCUT2D eigenvalue weighted by atomic mass is 16.5. The number of hydrogen-bond acceptors (Lipinski definition) is 5. The number of rotatable bonds is 8. The SMILES string of the molecule is CCc1cc(CNC[C@@H](O)[C@@H](N)Cc2ccccc2)on1. The van der Waals surface area contributed by atoms with Gasteiger partial charge in [-0.15, -0.1) is 0 Å². The van der Waals surface area contributed by atoms with Gasteiger partial charge in [0.2, 0.25) is 0 Å².